The van der Waals surface area contributed by atoms with Crippen molar-refractivity contribution in [3.8, 4) is 6.07 Å². The molecule has 0 spiro atoms. The molecule has 0 fully saturated rings. The van der Waals surface area contributed by atoms with Gasteiger partial charge in [0, 0.05) is 6.04 Å². The predicted octanol–water partition coefficient (Wildman–Crippen LogP) is 5.07. The number of hydrogen-bond donors (Lipinski definition) is 1. The molecule has 1 N–H and O–H groups in total. The number of aryl methyl sites for hydroxylation is 1. The van der Waals surface area contributed by atoms with Gasteiger partial charge < -0.3 is 5.32 Å². The van der Waals surface area contributed by atoms with Gasteiger partial charge in [-0.15, -0.1) is 0 Å². The van der Waals surface area contributed by atoms with Crippen molar-refractivity contribution < 1.29 is 0 Å². The van der Waals surface area contributed by atoms with Crippen molar-refractivity contribution in [2.45, 2.75) is 39.2 Å². The lowest BCUT2D eigenvalue weighted by Crippen LogP contribution is -2.07. The highest BCUT2D eigenvalue weighted by molar-refractivity contribution is 5.58. The lowest BCUT2D eigenvalue weighted by Gasteiger charge is -2.17. The Hall–Kier alpha value is -2.27. The second-order valence-electron chi connectivity index (χ2n) is 5.37. The Morgan fingerprint density at radius 3 is 2.48 bits per heavy atom. The zero-order valence-corrected chi connectivity index (χ0v) is 12.8. The average molecular weight is 278 g/mol. The topological polar surface area (TPSA) is 35.8 Å². The summed E-state index contributed by atoms with van der Waals surface area (Å²) in [5.74, 6) is 0. The van der Waals surface area contributed by atoms with E-state index in [2.05, 4.69) is 49.5 Å². The highest BCUT2D eigenvalue weighted by Crippen LogP contribution is 2.22. The summed E-state index contributed by atoms with van der Waals surface area (Å²) in [4.78, 5) is 0. The molecule has 2 aromatic rings. The van der Waals surface area contributed by atoms with Gasteiger partial charge in [-0.25, -0.2) is 0 Å². The number of nitriles is 1. The third kappa shape index (κ3) is 4.10. The summed E-state index contributed by atoms with van der Waals surface area (Å²) in [6.45, 7) is 4.34. The number of unbranched alkanes of at least 4 members (excludes halogenated alkanes) is 1. The predicted molar refractivity (Wildman–Crippen MR) is 88.2 cm³/mol. The Kier molecular flexibility index (Phi) is 5.40. The third-order valence-electron chi connectivity index (χ3n) is 3.72. The van der Waals surface area contributed by atoms with Crippen LogP contribution in [0.1, 0.15) is 49.4 Å². The first kappa shape index (κ1) is 15.1. The zero-order chi connectivity index (χ0) is 15.1. The van der Waals surface area contributed by atoms with E-state index in [1.165, 1.54) is 24.0 Å². The second kappa shape index (κ2) is 7.50. The minimum absolute atomic E-state index is 0.180. The smallest absolute Gasteiger partial charge is 0.101 e. The molecule has 1 atom stereocenters. The maximum atomic E-state index is 9.13. The maximum absolute atomic E-state index is 9.13. The van der Waals surface area contributed by atoms with Crippen LogP contribution in [-0.2, 0) is 6.42 Å². The van der Waals surface area contributed by atoms with Crippen molar-refractivity contribution >= 4 is 5.69 Å². The minimum Gasteiger partial charge on any atom is -0.377 e. The van der Waals surface area contributed by atoms with E-state index in [9.17, 15) is 0 Å². The van der Waals surface area contributed by atoms with Crippen LogP contribution in [0.3, 0.4) is 0 Å². The molecule has 108 valence electrons. The van der Waals surface area contributed by atoms with Gasteiger partial charge in [0.05, 0.1) is 11.3 Å². The van der Waals surface area contributed by atoms with E-state index in [1.807, 2.05) is 24.3 Å². The van der Waals surface area contributed by atoms with E-state index < -0.39 is 0 Å². The van der Waals surface area contributed by atoms with Crippen LogP contribution < -0.4 is 5.32 Å². The summed E-state index contributed by atoms with van der Waals surface area (Å²) in [5.41, 5.74) is 4.21. The first-order chi connectivity index (χ1) is 10.2. The number of rotatable bonds is 6. The molecule has 0 radical (unpaired) electrons. The maximum Gasteiger partial charge on any atom is 0.101 e. The Morgan fingerprint density at radius 1 is 1.10 bits per heavy atom. The number of nitrogens with one attached hydrogen (secondary N) is 1. The fourth-order valence-electron chi connectivity index (χ4n) is 2.38. The van der Waals surface area contributed by atoms with E-state index in [0.717, 1.165) is 12.1 Å². The zero-order valence-electron chi connectivity index (χ0n) is 12.8. The summed E-state index contributed by atoms with van der Waals surface area (Å²) in [6.07, 6.45) is 3.61. The summed E-state index contributed by atoms with van der Waals surface area (Å²) in [7, 11) is 0. The molecule has 2 nitrogen and oxygen atoms in total. The van der Waals surface area contributed by atoms with Gasteiger partial charge in [0.2, 0.25) is 0 Å². The van der Waals surface area contributed by atoms with E-state index in [1.54, 1.807) is 0 Å². The molecule has 2 heteroatoms. The molecule has 2 aromatic carbocycles. The third-order valence-corrected chi connectivity index (χ3v) is 3.72. The van der Waals surface area contributed by atoms with Crippen LogP contribution >= 0.6 is 0 Å². The molecule has 0 aliphatic carbocycles. The molecule has 0 aromatic heterocycles. The fourth-order valence-corrected chi connectivity index (χ4v) is 2.38. The lowest BCUT2D eigenvalue weighted by molar-refractivity contribution is 0.793. The van der Waals surface area contributed by atoms with E-state index in [4.69, 9.17) is 5.26 Å². The van der Waals surface area contributed by atoms with Crippen LogP contribution in [0.5, 0.6) is 0 Å². The number of nitrogens with zero attached hydrogens (tertiary/aromatic N) is 1. The van der Waals surface area contributed by atoms with Gasteiger partial charge in [-0.1, -0.05) is 49.7 Å². The Labute approximate surface area is 127 Å². The van der Waals surface area contributed by atoms with Gasteiger partial charge in [-0.05, 0) is 43.0 Å². The average Bonchev–Trinajstić information content (AvgIpc) is 2.54. The molecule has 0 amide bonds. The van der Waals surface area contributed by atoms with Gasteiger partial charge in [0.25, 0.3) is 0 Å². The number of anilines is 1. The van der Waals surface area contributed by atoms with E-state index in [0.29, 0.717) is 5.56 Å². The Bertz CT molecular complexity index is 608. The summed E-state index contributed by atoms with van der Waals surface area (Å²) >= 11 is 0. The molecule has 0 aliphatic rings. The molecular weight excluding hydrogens is 256 g/mol. The van der Waals surface area contributed by atoms with E-state index in [-0.39, 0.29) is 6.04 Å². The van der Waals surface area contributed by atoms with Gasteiger partial charge in [-0.2, -0.15) is 5.26 Å². The lowest BCUT2D eigenvalue weighted by atomic mass is 10.0. The van der Waals surface area contributed by atoms with Crippen LogP contribution in [0.4, 0.5) is 5.69 Å². The molecular formula is C19H22N2. The minimum atomic E-state index is 0.180. The summed E-state index contributed by atoms with van der Waals surface area (Å²) in [6, 6.07) is 18.8. The number of benzene rings is 2. The van der Waals surface area contributed by atoms with Gasteiger partial charge >= 0.3 is 0 Å². The van der Waals surface area contributed by atoms with Crippen LogP contribution in [-0.4, -0.2) is 0 Å². The molecule has 0 aliphatic heterocycles. The van der Waals surface area contributed by atoms with Gasteiger partial charge in [-0.3, -0.25) is 0 Å². The SMILES string of the molecule is CCCCc1ccc(C(C)Nc2ccccc2C#N)cc1. The Morgan fingerprint density at radius 2 is 1.81 bits per heavy atom. The molecule has 2 rings (SSSR count). The summed E-state index contributed by atoms with van der Waals surface area (Å²) in [5, 5.41) is 12.5. The molecule has 21 heavy (non-hydrogen) atoms. The normalized spacial score (nSPS) is 11.7. The van der Waals surface area contributed by atoms with Crippen molar-refractivity contribution in [3.63, 3.8) is 0 Å². The van der Waals surface area contributed by atoms with Crippen LogP contribution in [0, 0.1) is 11.3 Å². The van der Waals surface area contributed by atoms with E-state index >= 15 is 0 Å². The van der Waals surface area contributed by atoms with Crippen LogP contribution in [0.2, 0.25) is 0 Å². The molecule has 0 saturated heterocycles. The second-order valence-corrected chi connectivity index (χ2v) is 5.37. The first-order valence-corrected chi connectivity index (χ1v) is 7.59. The highest BCUT2D eigenvalue weighted by Gasteiger charge is 2.08. The summed E-state index contributed by atoms with van der Waals surface area (Å²) < 4.78 is 0. The molecule has 0 heterocycles. The molecule has 0 bridgehead atoms. The highest BCUT2D eigenvalue weighted by atomic mass is 14.9. The van der Waals surface area contributed by atoms with Crippen LogP contribution in [0.15, 0.2) is 48.5 Å². The van der Waals surface area contributed by atoms with Gasteiger partial charge in [0.15, 0.2) is 0 Å². The quantitative estimate of drug-likeness (QED) is 0.800. The van der Waals surface area contributed by atoms with Crippen LogP contribution in [0.25, 0.3) is 0 Å². The molecule has 0 saturated carbocycles. The largest absolute Gasteiger partial charge is 0.377 e. The molecule has 1 unspecified atom stereocenters. The number of hydrogen-bond acceptors (Lipinski definition) is 2. The van der Waals surface area contributed by atoms with Crippen molar-refractivity contribution in [1.29, 1.82) is 5.26 Å². The van der Waals surface area contributed by atoms with Gasteiger partial charge in [0.1, 0.15) is 6.07 Å². The van der Waals surface area contributed by atoms with Crippen molar-refractivity contribution in [1.82, 2.24) is 0 Å². The fraction of sp³-hybridized carbons (Fsp3) is 0.316. The Balaban J connectivity index is 2.06. The first-order valence-electron chi connectivity index (χ1n) is 7.59. The van der Waals surface area contributed by atoms with Crippen molar-refractivity contribution in [2.24, 2.45) is 0 Å². The monoisotopic (exact) mass is 278 g/mol. The number of para-hydroxylation sites is 1. The van der Waals surface area contributed by atoms with Crippen molar-refractivity contribution in [3.05, 3.63) is 65.2 Å². The standard InChI is InChI=1S/C19H22N2/c1-3-4-7-16-10-12-17(13-11-16)15(2)21-19-9-6-5-8-18(19)14-20/h5-6,8-13,15,21H,3-4,7H2,1-2H3. The van der Waals surface area contributed by atoms with Crippen molar-refractivity contribution in [2.75, 3.05) is 5.32 Å².